The van der Waals surface area contributed by atoms with Crippen LogP contribution in [0.4, 0.5) is 0 Å². The summed E-state index contributed by atoms with van der Waals surface area (Å²) in [5.41, 5.74) is 2.95. The SMILES string of the molecule is COc1ccc(OC)c(-c2c(C(=O)c3ccc(C)cc3)c(O)c(O)n2Cc2cccnc2)c1. The van der Waals surface area contributed by atoms with E-state index in [1.807, 2.05) is 25.1 Å². The van der Waals surface area contributed by atoms with Gasteiger partial charge in [0.15, 0.2) is 11.5 Å². The van der Waals surface area contributed by atoms with Gasteiger partial charge in [-0.15, -0.1) is 0 Å². The molecule has 4 rings (SSSR count). The van der Waals surface area contributed by atoms with E-state index in [-0.39, 0.29) is 12.1 Å². The third-order valence-corrected chi connectivity index (χ3v) is 5.48. The lowest BCUT2D eigenvalue weighted by atomic mass is 9.98. The number of benzene rings is 2. The van der Waals surface area contributed by atoms with Crippen molar-refractivity contribution in [2.24, 2.45) is 0 Å². The molecule has 0 aliphatic rings. The van der Waals surface area contributed by atoms with E-state index in [9.17, 15) is 15.0 Å². The van der Waals surface area contributed by atoms with Crippen LogP contribution in [0.15, 0.2) is 67.0 Å². The Bertz CT molecular complexity index is 1290. The van der Waals surface area contributed by atoms with Gasteiger partial charge in [-0.25, -0.2) is 0 Å². The van der Waals surface area contributed by atoms with Crippen LogP contribution in [0.5, 0.6) is 23.1 Å². The summed E-state index contributed by atoms with van der Waals surface area (Å²) in [7, 11) is 3.05. The number of carbonyl (C=O) groups excluding carboxylic acids is 1. The van der Waals surface area contributed by atoms with Crippen LogP contribution in [0.3, 0.4) is 0 Å². The van der Waals surface area contributed by atoms with E-state index in [2.05, 4.69) is 4.98 Å². The Morgan fingerprint density at radius 1 is 1.03 bits per heavy atom. The van der Waals surface area contributed by atoms with Crippen molar-refractivity contribution in [3.8, 4) is 34.4 Å². The zero-order chi connectivity index (χ0) is 23.5. The van der Waals surface area contributed by atoms with E-state index < -0.39 is 17.4 Å². The van der Waals surface area contributed by atoms with Crippen molar-refractivity contribution in [3.05, 3.63) is 89.2 Å². The van der Waals surface area contributed by atoms with Gasteiger partial charge in [0, 0.05) is 23.5 Å². The molecule has 7 heteroatoms. The molecule has 33 heavy (non-hydrogen) atoms. The van der Waals surface area contributed by atoms with Gasteiger partial charge in [-0.2, -0.15) is 0 Å². The first-order valence-corrected chi connectivity index (χ1v) is 10.3. The van der Waals surface area contributed by atoms with Gasteiger partial charge >= 0.3 is 0 Å². The minimum Gasteiger partial charge on any atom is -0.503 e. The molecule has 0 spiro atoms. The Morgan fingerprint density at radius 3 is 2.42 bits per heavy atom. The number of aryl methyl sites for hydroxylation is 1. The number of aromatic nitrogens is 2. The molecule has 0 bridgehead atoms. The highest BCUT2D eigenvalue weighted by Crippen LogP contribution is 2.46. The number of aromatic hydroxyl groups is 2. The van der Waals surface area contributed by atoms with Crippen LogP contribution in [0.25, 0.3) is 11.3 Å². The fourth-order valence-electron chi connectivity index (χ4n) is 3.76. The molecule has 0 unspecified atom stereocenters. The number of ether oxygens (including phenoxy) is 2. The third kappa shape index (κ3) is 4.13. The summed E-state index contributed by atoms with van der Waals surface area (Å²) in [6.45, 7) is 2.10. The van der Waals surface area contributed by atoms with Gasteiger partial charge < -0.3 is 24.3 Å². The molecule has 0 saturated carbocycles. The smallest absolute Gasteiger partial charge is 0.236 e. The molecule has 4 aromatic rings. The molecular weight excluding hydrogens is 420 g/mol. The number of carbonyl (C=O) groups is 1. The second kappa shape index (κ2) is 9.08. The van der Waals surface area contributed by atoms with Crippen LogP contribution in [0, 0.1) is 6.92 Å². The zero-order valence-corrected chi connectivity index (χ0v) is 18.6. The molecule has 2 aromatic heterocycles. The van der Waals surface area contributed by atoms with Crippen LogP contribution in [-0.2, 0) is 6.54 Å². The molecule has 7 nitrogen and oxygen atoms in total. The number of nitrogens with zero attached hydrogens (tertiary/aromatic N) is 2. The van der Waals surface area contributed by atoms with Crippen LogP contribution in [-0.4, -0.2) is 39.8 Å². The van der Waals surface area contributed by atoms with Crippen molar-refractivity contribution in [2.75, 3.05) is 14.2 Å². The maximum atomic E-state index is 13.6. The van der Waals surface area contributed by atoms with E-state index in [0.29, 0.717) is 28.3 Å². The minimum atomic E-state index is -0.496. The molecule has 0 atom stereocenters. The maximum absolute atomic E-state index is 13.6. The molecule has 168 valence electrons. The van der Waals surface area contributed by atoms with Gasteiger partial charge in [-0.05, 0) is 36.8 Å². The van der Waals surface area contributed by atoms with Crippen molar-refractivity contribution in [1.29, 1.82) is 0 Å². The number of ketones is 1. The topological polar surface area (TPSA) is 93.8 Å². The van der Waals surface area contributed by atoms with Gasteiger partial charge in [0.05, 0.1) is 32.0 Å². The van der Waals surface area contributed by atoms with Crippen molar-refractivity contribution in [1.82, 2.24) is 9.55 Å². The summed E-state index contributed by atoms with van der Waals surface area (Å²) in [5.74, 6) is -0.350. The van der Waals surface area contributed by atoms with Crippen molar-refractivity contribution >= 4 is 5.78 Å². The average molecular weight is 444 g/mol. The number of hydrogen-bond acceptors (Lipinski definition) is 6. The van der Waals surface area contributed by atoms with Crippen molar-refractivity contribution in [3.63, 3.8) is 0 Å². The normalized spacial score (nSPS) is 10.8. The molecule has 0 saturated heterocycles. The predicted molar refractivity (Wildman–Crippen MR) is 124 cm³/mol. The lowest BCUT2D eigenvalue weighted by Crippen LogP contribution is -2.07. The Labute approximate surface area is 191 Å². The summed E-state index contributed by atoms with van der Waals surface area (Å²) in [5, 5.41) is 21.9. The summed E-state index contributed by atoms with van der Waals surface area (Å²) in [6, 6.07) is 15.8. The molecule has 0 amide bonds. The number of hydrogen-bond donors (Lipinski definition) is 2. The van der Waals surface area contributed by atoms with Crippen LogP contribution in [0.2, 0.25) is 0 Å². The number of rotatable bonds is 7. The second-order valence-electron chi connectivity index (χ2n) is 7.60. The van der Waals surface area contributed by atoms with Gasteiger partial charge in [-0.3, -0.25) is 9.78 Å². The monoisotopic (exact) mass is 444 g/mol. The fourth-order valence-corrected chi connectivity index (χ4v) is 3.76. The minimum absolute atomic E-state index is 0.0215. The first-order chi connectivity index (χ1) is 15.9. The van der Waals surface area contributed by atoms with Crippen LogP contribution >= 0.6 is 0 Å². The first kappa shape index (κ1) is 22.0. The van der Waals surface area contributed by atoms with Crippen molar-refractivity contribution in [2.45, 2.75) is 13.5 Å². The zero-order valence-electron chi connectivity index (χ0n) is 18.6. The quantitative estimate of drug-likeness (QED) is 0.406. The lowest BCUT2D eigenvalue weighted by molar-refractivity contribution is 0.103. The summed E-state index contributed by atoms with van der Waals surface area (Å²) >= 11 is 0. The molecule has 2 heterocycles. The summed E-state index contributed by atoms with van der Waals surface area (Å²) < 4.78 is 12.4. The number of methoxy groups -OCH3 is 2. The van der Waals surface area contributed by atoms with E-state index in [1.54, 1.807) is 48.8 Å². The highest BCUT2D eigenvalue weighted by molar-refractivity contribution is 6.15. The lowest BCUT2D eigenvalue weighted by Gasteiger charge is -2.16. The van der Waals surface area contributed by atoms with Crippen LogP contribution < -0.4 is 9.47 Å². The Morgan fingerprint density at radius 2 is 1.79 bits per heavy atom. The van der Waals surface area contributed by atoms with Crippen molar-refractivity contribution < 1.29 is 24.5 Å². The molecule has 2 N–H and O–H groups in total. The standard InChI is InChI=1S/C26H24N2O5/c1-16-6-8-18(9-7-16)24(29)22-23(20-13-19(32-2)10-11-21(20)33-3)28(26(31)25(22)30)15-17-5-4-12-27-14-17/h4-14,30-31H,15H2,1-3H3. The Balaban J connectivity index is 2.00. The van der Waals surface area contributed by atoms with E-state index in [1.165, 1.54) is 18.8 Å². The van der Waals surface area contributed by atoms with Gasteiger partial charge in [0.1, 0.15) is 11.5 Å². The Hall–Kier alpha value is -4.26. The fraction of sp³-hybridized carbons (Fsp3) is 0.154. The molecular formula is C26H24N2O5. The third-order valence-electron chi connectivity index (χ3n) is 5.48. The second-order valence-corrected chi connectivity index (χ2v) is 7.60. The molecule has 0 fully saturated rings. The average Bonchev–Trinajstić information content (AvgIpc) is 3.09. The first-order valence-electron chi connectivity index (χ1n) is 10.3. The van der Waals surface area contributed by atoms with E-state index in [4.69, 9.17) is 9.47 Å². The van der Waals surface area contributed by atoms with Gasteiger partial charge in [0.2, 0.25) is 5.88 Å². The predicted octanol–water partition coefficient (Wildman–Crippen LogP) is 4.57. The van der Waals surface area contributed by atoms with Gasteiger partial charge in [-0.1, -0.05) is 35.9 Å². The summed E-state index contributed by atoms with van der Waals surface area (Å²) in [4.78, 5) is 17.7. The molecule has 0 radical (unpaired) electrons. The highest BCUT2D eigenvalue weighted by Gasteiger charge is 2.31. The maximum Gasteiger partial charge on any atom is 0.236 e. The largest absolute Gasteiger partial charge is 0.503 e. The molecule has 0 aliphatic carbocycles. The Kier molecular flexibility index (Phi) is 6.04. The molecule has 2 aromatic carbocycles. The van der Waals surface area contributed by atoms with E-state index >= 15 is 0 Å². The van der Waals surface area contributed by atoms with Crippen LogP contribution in [0.1, 0.15) is 27.0 Å². The summed E-state index contributed by atoms with van der Waals surface area (Å²) in [6.07, 6.45) is 3.30. The molecule has 0 aliphatic heterocycles. The van der Waals surface area contributed by atoms with E-state index in [0.717, 1.165) is 11.1 Å². The highest BCUT2D eigenvalue weighted by atomic mass is 16.5. The number of pyridine rings is 1. The van der Waals surface area contributed by atoms with Gasteiger partial charge in [0.25, 0.3) is 0 Å².